The monoisotopic (exact) mass is 310 g/mol. The molecule has 1 atom stereocenters. The highest BCUT2D eigenvalue weighted by molar-refractivity contribution is 5.61. The van der Waals surface area contributed by atoms with Gasteiger partial charge in [-0.15, -0.1) is 0 Å². The van der Waals surface area contributed by atoms with Crippen LogP contribution < -0.4 is 9.80 Å². The number of rotatable bonds is 4. The van der Waals surface area contributed by atoms with E-state index < -0.39 is 0 Å². The fraction of sp³-hybridized carbons (Fsp3) is 0.474. The molecule has 1 fully saturated rings. The topological polar surface area (TPSA) is 32.3 Å². The lowest BCUT2D eigenvalue weighted by atomic mass is 10.0. The molecule has 0 N–H and O–H groups in total. The summed E-state index contributed by atoms with van der Waals surface area (Å²) >= 11 is 0. The van der Waals surface area contributed by atoms with E-state index in [9.17, 15) is 0 Å². The third kappa shape index (κ3) is 3.63. The van der Waals surface area contributed by atoms with Gasteiger partial charge in [-0.3, -0.25) is 0 Å². The molecule has 1 aliphatic heterocycles. The zero-order chi connectivity index (χ0) is 16.2. The molecule has 2 heterocycles. The van der Waals surface area contributed by atoms with E-state index in [1.807, 2.05) is 12.3 Å². The van der Waals surface area contributed by atoms with Crippen molar-refractivity contribution in [2.24, 2.45) is 5.92 Å². The van der Waals surface area contributed by atoms with Crippen molar-refractivity contribution in [3.05, 3.63) is 42.1 Å². The van der Waals surface area contributed by atoms with Gasteiger partial charge in [0, 0.05) is 31.5 Å². The highest BCUT2D eigenvalue weighted by atomic mass is 15.3. The van der Waals surface area contributed by atoms with Crippen LogP contribution >= 0.6 is 0 Å². The maximum atomic E-state index is 4.85. The van der Waals surface area contributed by atoms with Crippen LogP contribution in [0.25, 0.3) is 0 Å². The predicted molar refractivity (Wildman–Crippen MR) is 96.5 cm³/mol. The average Bonchev–Trinajstić information content (AvgIpc) is 2.56. The molecule has 1 aliphatic rings. The van der Waals surface area contributed by atoms with Gasteiger partial charge in [0.25, 0.3) is 0 Å². The van der Waals surface area contributed by atoms with Crippen LogP contribution in [0.5, 0.6) is 0 Å². The van der Waals surface area contributed by atoms with Crippen molar-refractivity contribution in [2.45, 2.75) is 33.6 Å². The van der Waals surface area contributed by atoms with Gasteiger partial charge >= 0.3 is 0 Å². The Bertz CT molecular complexity index is 655. The van der Waals surface area contributed by atoms with Crippen LogP contribution in [0, 0.1) is 12.8 Å². The van der Waals surface area contributed by atoms with Crippen LogP contribution in [0.2, 0.25) is 0 Å². The molecule has 3 rings (SSSR count). The summed E-state index contributed by atoms with van der Waals surface area (Å²) in [5, 5.41) is 0. The van der Waals surface area contributed by atoms with Crippen molar-refractivity contribution in [2.75, 3.05) is 29.4 Å². The molecule has 0 radical (unpaired) electrons. The van der Waals surface area contributed by atoms with Crippen molar-refractivity contribution in [3.8, 4) is 0 Å². The number of hydrogen-bond donors (Lipinski definition) is 0. The number of aromatic nitrogens is 2. The first kappa shape index (κ1) is 15.8. The second-order valence-corrected chi connectivity index (χ2v) is 6.49. The van der Waals surface area contributed by atoms with Crippen LogP contribution in [0.15, 0.2) is 36.5 Å². The fourth-order valence-corrected chi connectivity index (χ4v) is 3.29. The maximum absolute atomic E-state index is 4.85. The first-order chi connectivity index (χ1) is 11.2. The molecule has 4 heteroatoms. The maximum Gasteiger partial charge on any atom is 0.227 e. The van der Waals surface area contributed by atoms with Gasteiger partial charge in [-0.25, -0.2) is 4.98 Å². The average molecular weight is 310 g/mol. The zero-order valence-corrected chi connectivity index (χ0v) is 14.4. The summed E-state index contributed by atoms with van der Waals surface area (Å²) in [7, 11) is 0. The van der Waals surface area contributed by atoms with E-state index in [0.717, 1.165) is 37.3 Å². The zero-order valence-electron chi connectivity index (χ0n) is 14.4. The van der Waals surface area contributed by atoms with Gasteiger partial charge in [-0.05, 0) is 56.4 Å². The van der Waals surface area contributed by atoms with E-state index in [0.29, 0.717) is 0 Å². The van der Waals surface area contributed by atoms with Crippen LogP contribution in [0.3, 0.4) is 0 Å². The van der Waals surface area contributed by atoms with Gasteiger partial charge < -0.3 is 9.80 Å². The molecule has 0 bridgehead atoms. The van der Waals surface area contributed by atoms with Gasteiger partial charge in [0.2, 0.25) is 5.95 Å². The number of piperidine rings is 1. The number of benzene rings is 1. The third-order valence-corrected chi connectivity index (χ3v) is 4.47. The van der Waals surface area contributed by atoms with Crippen LogP contribution in [-0.4, -0.2) is 29.6 Å². The standard InChI is InChI=1S/C19H26N4/c1-4-23(17-9-5-7-15(2)13-17)18-10-11-20-19(21-18)22-12-6-8-16(3)14-22/h5,7,9-11,13,16H,4,6,8,12,14H2,1-3H3. The second kappa shape index (κ2) is 6.99. The van der Waals surface area contributed by atoms with E-state index in [1.165, 1.54) is 24.1 Å². The van der Waals surface area contributed by atoms with Gasteiger partial charge in [0.15, 0.2) is 0 Å². The van der Waals surface area contributed by atoms with Crippen molar-refractivity contribution in [1.82, 2.24) is 9.97 Å². The van der Waals surface area contributed by atoms with Crippen LogP contribution in [0.1, 0.15) is 32.3 Å². The molecule has 23 heavy (non-hydrogen) atoms. The Morgan fingerprint density at radius 2 is 2.17 bits per heavy atom. The van der Waals surface area contributed by atoms with Crippen molar-refractivity contribution in [1.29, 1.82) is 0 Å². The molecule has 1 unspecified atom stereocenters. The van der Waals surface area contributed by atoms with Gasteiger partial charge in [0.1, 0.15) is 5.82 Å². The highest BCUT2D eigenvalue weighted by Crippen LogP contribution is 2.26. The minimum absolute atomic E-state index is 0.718. The van der Waals surface area contributed by atoms with Crippen LogP contribution in [0.4, 0.5) is 17.5 Å². The minimum atomic E-state index is 0.718. The molecular weight excluding hydrogens is 284 g/mol. The molecular formula is C19H26N4. The summed E-state index contributed by atoms with van der Waals surface area (Å²) in [6, 6.07) is 10.6. The predicted octanol–water partition coefficient (Wildman–Crippen LogP) is 4.18. The number of anilines is 3. The SMILES string of the molecule is CCN(c1cccc(C)c1)c1ccnc(N2CCCC(C)C2)n1. The fourth-order valence-electron chi connectivity index (χ4n) is 3.29. The summed E-state index contributed by atoms with van der Waals surface area (Å²) in [6.07, 6.45) is 4.42. The first-order valence-electron chi connectivity index (χ1n) is 8.59. The Kier molecular flexibility index (Phi) is 4.79. The number of aryl methyl sites for hydroxylation is 1. The Morgan fingerprint density at radius 3 is 2.91 bits per heavy atom. The quantitative estimate of drug-likeness (QED) is 0.848. The molecule has 4 nitrogen and oxygen atoms in total. The Labute approximate surface area is 139 Å². The van der Waals surface area contributed by atoms with Gasteiger partial charge in [-0.2, -0.15) is 4.98 Å². The smallest absolute Gasteiger partial charge is 0.227 e. The lowest BCUT2D eigenvalue weighted by molar-refractivity contribution is 0.442. The first-order valence-corrected chi connectivity index (χ1v) is 8.59. The third-order valence-electron chi connectivity index (χ3n) is 4.47. The van der Waals surface area contributed by atoms with Crippen LogP contribution in [-0.2, 0) is 0 Å². The Balaban J connectivity index is 1.88. The Morgan fingerprint density at radius 1 is 1.30 bits per heavy atom. The molecule has 1 aromatic heterocycles. The van der Waals surface area contributed by atoms with Crippen molar-refractivity contribution >= 4 is 17.5 Å². The molecule has 2 aromatic rings. The molecule has 0 aliphatic carbocycles. The summed E-state index contributed by atoms with van der Waals surface area (Å²) in [6.45, 7) is 9.59. The molecule has 1 saturated heterocycles. The molecule has 122 valence electrons. The number of hydrogen-bond acceptors (Lipinski definition) is 4. The summed E-state index contributed by atoms with van der Waals surface area (Å²) in [4.78, 5) is 13.9. The highest BCUT2D eigenvalue weighted by Gasteiger charge is 2.19. The van der Waals surface area contributed by atoms with Gasteiger partial charge in [-0.1, -0.05) is 19.1 Å². The lowest BCUT2D eigenvalue weighted by Gasteiger charge is -2.31. The lowest BCUT2D eigenvalue weighted by Crippen LogP contribution is -2.35. The molecule has 1 aromatic carbocycles. The van der Waals surface area contributed by atoms with E-state index in [2.05, 4.69) is 59.8 Å². The molecule has 0 saturated carbocycles. The van der Waals surface area contributed by atoms with E-state index in [4.69, 9.17) is 4.98 Å². The van der Waals surface area contributed by atoms with Crippen molar-refractivity contribution < 1.29 is 0 Å². The molecule has 0 amide bonds. The summed E-state index contributed by atoms with van der Waals surface area (Å²) in [5.41, 5.74) is 2.45. The number of nitrogens with zero attached hydrogens (tertiary/aromatic N) is 4. The van der Waals surface area contributed by atoms with E-state index >= 15 is 0 Å². The normalized spacial score (nSPS) is 18.0. The summed E-state index contributed by atoms with van der Waals surface area (Å²) in [5.74, 6) is 2.55. The second-order valence-electron chi connectivity index (χ2n) is 6.49. The van der Waals surface area contributed by atoms with E-state index in [1.54, 1.807) is 0 Å². The largest absolute Gasteiger partial charge is 0.341 e. The van der Waals surface area contributed by atoms with E-state index in [-0.39, 0.29) is 0 Å². The van der Waals surface area contributed by atoms with Crippen molar-refractivity contribution in [3.63, 3.8) is 0 Å². The summed E-state index contributed by atoms with van der Waals surface area (Å²) < 4.78 is 0. The van der Waals surface area contributed by atoms with Gasteiger partial charge in [0.05, 0.1) is 0 Å². The minimum Gasteiger partial charge on any atom is -0.341 e. The Hall–Kier alpha value is -2.10. The molecule has 0 spiro atoms.